The van der Waals surface area contributed by atoms with E-state index in [1.165, 1.54) is 45.2 Å². The van der Waals surface area contributed by atoms with Crippen LogP contribution < -0.4 is 0 Å². The summed E-state index contributed by atoms with van der Waals surface area (Å²) in [5.41, 5.74) is 0. The standard InChI is InChI=1S/C20H18S8/c1-11-15-17(24-10-21-9-23-15)19(25-11)20-18-16(12(2)26-20)28-14(8-22-18)27-13-6-4-3-5-7-13/h3-7,14H,8-10H2,1-2H3. The van der Waals surface area contributed by atoms with Crippen LogP contribution >= 0.6 is 93.2 Å². The minimum atomic E-state index is 0.588. The lowest BCUT2D eigenvalue weighted by Gasteiger charge is -2.22. The van der Waals surface area contributed by atoms with Crippen LogP contribution in [-0.4, -0.2) is 20.5 Å². The van der Waals surface area contributed by atoms with Gasteiger partial charge in [0.2, 0.25) is 0 Å². The monoisotopic (exact) mass is 514 g/mol. The molecule has 0 amide bonds. The van der Waals surface area contributed by atoms with Crippen molar-refractivity contribution >= 4 is 93.2 Å². The topological polar surface area (TPSA) is 0 Å². The molecule has 5 rings (SSSR count). The second kappa shape index (κ2) is 9.07. The molecule has 0 saturated heterocycles. The molecule has 0 spiro atoms. The molecule has 0 aliphatic carbocycles. The average molecular weight is 515 g/mol. The van der Waals surface area contributed by atoms with Crippen LogP contribution in [0.4, 0.5) is 0 Å². The molecule has 1 unspecified atom stereocenters. The van der Waals surface area contributed by atoms with Crippen LogP contribution in [0.1, 0.15) is 9.75 Å². The highest BCUT2D eigenvalue weighted by Gasteiger charge is 2.30. The lowest BCUT2D eigenvalue weighted by Crippen LogP contribution is -2.05. The molecule has 28 heavy (non-hydrogen) atoms. The highest BCUT2D eigenvalue weighted by Crippen LogP contribution is 2.58. The molecule has 2 aliphatic rings. The molecule has 0 nitrogen and oxygen atoms in total. The first-order valence-electron chi connectivity index (χ1n) is 8.82. The van der Waals surface area contributed by atoms with Crippen molar-refractivity contribution in [3.8, 4) is 9.75 Å². The number of rotatable bonds is 3. The van der Waals surface area contributed by atoms with Crippen LogP contribution in [0.3, 0.4) is 0 Å². The van der Waals surface area contributed by atoms with Gasteiger partial charge in [0.25, 0.3) is 0 Å². The predicted octanol–water partition coefficient (Wildman–Crippen LogP) is 9.26. The first kappa shape index (κ1) is 20.6. The molecular weight excluding hydrogens is 497 g/mol. The zero-order valence-corrected chi connectivity index (χ0v) is 21.9. The maximum absolute atomic E-state index is 2.31. The molecule has 3 aromatic rings. The fourth-order valence-electron chi connectivity index (χ4n) is 3.14. The normalized spacial score (nSPS) is 19.1. The number of hydrogen-bond donors (Lipinski definition) is 0. The van der Waals surface area contributed by atoms with Gasteiger partial charge >= 0.3 is 0 Å². The second-order valence-electron chi connectivity index (χ2n) is 6.31. The summed E-state index contributed by atoms with van der Waals surface area (Å²) >= 11 is 16.3. The first-order chi connectivity index (χ1) is 13.7. The molecule has 146 valence electrons. The van der Waals surface area contributed by atoms with E-state index in [0.717, 1.165) is 0 Å². The van der Waals surface area contributed by atoms with E-state index in [1.54, 1.807) is 14.7 Å². The van der Waals surface area contributed by atoms with Crippen molar-refractivity contribution in [3.05, 3.63) is 40.1 Å². The number of thiophene rings is 2. The largest absolute Gasteiger partial charge is 0.139 e. The van der Waals surface area contributed by atoms with E-state index in [0.29, 0.717) is 4.58 Å². The van der Waals surface area contributed by atoms with Crippen molar-refractivity contribution in [1.29, 1.82) is 0 Å². The third-order valence-corrected chi connectivity index (χ3v) is 15.6. The molecule has 1 aromatic carbocycles. The molecule has 0 saturated carbocycles. The number of benzene rings is 1. The van der Waals surface area contributed by atoms with Crippen LogP contribution in [-0.2, 0) is 0 Å². The van der Waals surface area contributed by atoms with Crippen molar-refractivity contribution < 1.29 is 0 Å². The molecule has 0 N–H and O–H groups in total. The van der Waals surface area contributed by atoms with E-state index in [-0.39, 0.29) is 0 Å². The van der Waals surface area contributed by atoms with Gasteiger partial charge < -0.3 is 0 Å². The Balaban J connectivity index is 1.47. The summed E-state index contributed by atoms with van der Waals surface area (Å²) in [6.07, 6.45) is 0. The first-order valence-corrected chi connectivity index (χ1v) is 16.3. The third kappa shape index (κ3) is 4.09. The van der Waals surface area contributed by atoms with Gasteiger partial charge in [-0.15, -0.1) is 93.2 Å². The number of hydrogen-bond acceptors (Lipinski definition) is 8. The molecule has 2 aliphatic heterocycles. The van der Waals surface area contributed by atoms with E-state index in [9.17, 15) is 0 Å². The Hall–Kier alpha value is 0.720. The van der Waals surface area contributed by atoms with Crippen molar-refractivity contribution in [3.63, 3.8) is 0 Å². The molecule has 2 aromatic heterocycles. The highest BCUT2D eigenvalue weighted by molar-refractivity contribution is 8.24. The van der Waals surface area contributed by atoms with Crippen LogP contribution in [0.25, 0.3) is 9.75 Å². The van der Waals surface area contributed by atoms with Gasteiger partial charge in [0, 0.05) is 50.2 Å². The van der Waals surface area contributed by atoms with Crippen LogP contribution in [0, 0.1) is 13.8 Å². The van der Waals surface area contributed by atoms with E-state index in [2.05, 4.69) is 79.5 Å². The van der Waals surface area contributed by atoms with Crippen molar-refractivity contribution in [1.82, 2.24) is 0 Å². The average Bonchev–Trinajstić information content (AvgIpc) is 3.06. The van der Waals surface area contributed by atoms with E-state index < -0.39 is 0 Å². The van der Waals surface area contributed by atoms with Gasteiger partial charge in [0.05, 0.1) is 14.3 Å². The van der Waals surface area contributed by atoms with E-state index >= 15 is 0 Å². The maximum atomic E-state index is 2.31. The zero-order valence-electron chi connectivity index (χ0n) is 15.4. The van der Waals surface area contributed by atoms with Crippen molar-refractivity contribution in [2.75, 3.05) is 15.9 Å². The summed E-state index contributed by atoms with van der Waals surface area (Å²) in [5.74, 6) is 1.17. The summed E-state index contributed by atoms with van der Waals surface area (Å²) in [6, 6.07) is 10.8. The molecule has 4 heterocycles. The van der Waals surface area contributed by atoms with Crippen LogP contribution in [0.15, 0.2) is 54.8 Å². The summed E-state index contributed by atoms with van der Waals surface area (Å²) in [4.78, 5) is 13.6. The molecular formula is C20H18S8. The Kier molecular flexibility index (Phi) is 6.67. The Morgan fingerprint density at radius 3 is 2.18 bits per heavy atom. The Morgan fingerprint density at radius 1 is 0.786 bits per heavy atom. The van der Waals surface area contributed by atoms with Crippen LogP contribution in [0.2, 0.25) is 0 Å². The smallest absolute Gasteiger partial charge is 0.0691 e. The van der Waals surface area contributed by atoms with Gasteiger partial charge in [-0.3, -0.25) is 0 Å². The number of thioether (sulfide) groups is 6. The SMILES string of the molecule is Cc1sc(-c2sc(C)c3c2SCC(Sc2ccccc2)S3)c2c1SCSCS2. The summed E-state index contributed by atoms with van der Waals surface area (Å²) in [5, 5.41) is 2.36. The molecule has 0 fully saturated rings. The lowest BCUT2D eigenvalue weighted by molar-refractivity contribution is 1.21. The van der Waals surface area contributed by atoms with Crippen LogP contribution in [0.5, 0.6) is 0 Å². The third-order valence-electron chi connectivity index (χ3n) is 4.38. The quantitative estimate of drug-likeness (QED) is 0.339. The van der Waals surface area contributed by atoms with Crippen molar-refractivity contribution in [2.24, 2.45) is 0 Å². The minimum Gasteiger partial charge on any atom is -0.139 e. The molecule has 0 bridgehead atoms. The van der Waals surface area contributed by atoms with E-state index in [1.807, 2.05) is 58.0 Å². The van der Waals surface area contributed by atoms with E-state index in [4.69, 9.17) is 0 Å². The van der Waals surface area contributed by atoms with Gasteiger partial charge in [-0.05, 0) is 26.0 Å². The second-order valence-corrected chi connectivity index (χ2v) is 16.3. The summed E-state index contributed by atoms with van der Waals surface area (Å²) in [7, 11) is 0. The lowest BCUT2D eigenvalue weighted by atomic mass is 10.3. The summed E-state index contributed by atoms with van der Waals surface area (Å²) < 4.78 is 0.588. The van der Waals surface area contributed by atoms with Gasteiger partial charge in [-0.1, -0.05) is 18.2 Å². The van der Waals surface area contributed by atoms with Gasteiger partial charge in [-0.25, -0.2) is 0 Å². The van der Waals surface area contributed by atoms with Crippen molar-refractivity contribution in [2.45, 2.75) is 42.9 Å². The Bertz CT molecular complexity index is 988. The fourth-order valence-corrected chi connectivity index (χ4v) is 14.7. The Labute approximate surface area is 200 Å². The zero-order chi connectivity index (χ0) is 19.1. The number of fused-ring (bicyclic) bond motifs is 2. The molecule has 1 atom stereocenters. The minimum absolute atomic E-state index is 0.588. The number of aryl methyl sites for hydroxylation is 2. The highest BCUT2D eigenvalue weighted by atomic mass is 32.2. The maximum Gasteiger partial charge on any atom is 0.0691 e. The molecule has 0 radical (unpaired) electrons. The van der Waals surface area contributed by atoms with Gasteiger partial charge in [0.15, 0.2) is 0 Å². The summed E-state index contributed by atoms with van der Waals surface area (Å²) in [6.45, 7) is 4.62. The van der Waals surface area contributed by atoms with Gasteiger partial charge in [0.1, 0.15) is 0 Å². The predicted molar refractivity (Wildman–Crippen MR) is 139 cm³/mol. The van der Waals surface area contributed by atoms with Gasteiger partial charge in [-0.2, -0.15) is 0 Å². The fraction of sp³-hybridized carbons (Fsp3) is 0.300. The molecule has 8 heteroatoms. The Morgan fingerprint density at radius 2 is 1.43 bits per heavy atom.